The number of ether oxygens (including phenoxy) is 1. The van der Waals surface area contributed by atoms with Gasteiger partial charge in [0.2, 0.25) is 5.88 Å². The van der Waals surface area contributed by atoms with Crippen LogP contribution in [-0.2, 0) is 16.1 Å². The second kappa shape index (κ2) is 8.76. The summed E-state index contributed by atoms with van der Waals surface area (Å²) in [5.74, 6) is -1.22. The fraction of sp³-hybridized carbons (Fsp3) is 0.158. The van der Waals surface area contributed by atoms with Crippen molar-refractivity contribution in [2.45, 2.75) is 13.5 Å². The van der Waals surface area contributed by atoms with E-state index in [9.17, 15) is 14.0 Å². The number of halogens is 1. The lowest BCUT2D eigenvalue weighted by Gasteiger charge is -2.08. The monoisotopic (exact) mass is 383 g/mol. The summed E-state index contributed by atoms with van der Waals surface area (Å²) < 4.78 is 20.0. The van der Waals surface area contributed by atoms with E-state index in [-0.39, 0.29) is 18.2 Å². The quantitative estimate of drug-likeness (QED) is 0.637. The number of carbonyl (C=O) groups excluding carboxylic acids is 2. The van der Waals surface area contributed by atoms with Gasteiger partial charge in [-0.3, -0.25) is 14.3 Å². The molecule has 0 radical (unpaired) electrons. The number of nitrogens with zero attached hydrogens (tertiary/aromatic N) is 3. The number of aromatic nitrogens is 3. The van der Waals surface area contributed by atoms with E-state index in [1.807, 2.05) is 13.1 Å². The Balaban J connectivity index is 1.46. The summed E-state index contributed by atoms with van der Waals surface area (Å²) >= 11 is 0. The van der Waals surface area contributed by atoms with Crippen molar-refractivity contribution in [1.29, 1.82) is 0 Å². The number of nitrogens with one attached hydrogen (secondary N) is 2. The zero-order valence-corrected chi connectivity index (χ0v) is 15.1. The first-order valence-corrected chi connectivity index (χ1v) is 8.47. The van der Waals surface area contributed by atoms with Crippen LogP contribution in [0.3, 0.4) is 0 Å². The molecule has 28 heavy (non-hydrogen) atoms. The largest absolute Gasteiger partial charge is 0.439 e. The molecule has 9 heteroatoms. The van der Waals surface area contributed by atoms with Gasteiger partial charge in [0.15, 0.2) is 0 Å². The predicted molar refractivity (Wildman–Crippen MR) is 99.3 cm³/mol. The molecule has 2 aromatic heterocycles. The van der Waals surface area contributed by atoms with Crippen LogP contribution in [0.2, 0.25) is 0 Å². The lowest BCUT2D eigenvalue weighted by molar-refractivity contribution is -0.136. The van der Waals surface area contributed by atoms with Crippen LogP contribution in [0.1, 0.15) is 5.56 Å². The van der Waals surface area contributed by atoms with Gasteiger partial charge in [-0.05, 0) is 42.8 Å². The van der Waals surface area contributed by atoms with Gasteiger partial charge in [-0.2, -0.15) is 5.10 Å². The molecule has 2 heterocycles. The van der Waals surface area contributed by atoms with Crippen LogP contribution in [-0.4, -0.2) is 33.1 Å². The van der Waals surface area contributed by atoms with Gasteiger partial charge in [-0.25, -0.2) is 9.37 Å². The van der Waals surface area contributed by atoms with Crippen molar-refractivity contribution in [1.82, 2.24) is 20.1 Å². The van der Waals surface area contributed by atoms with E-state index >= 15 is 0 Å². The third kappa shape index (κ3) is 5.37. The van der Waals surface area contributed by atoms with Crippen molar-refractivity contribution >= 4 is 17.5 Å². The molecule has 0 fully saturated rings. The van der Waals surface area contributed by atoms with Crippen molar-refractivity contribution < 1.29 is 18.7 Å². The molecule has 144 valence electrons. The Bertz CT molecular complexity index is 954. The van der Waals surface area contributed by atoms with Gasteiger partial charge in [0.1, 0.15) is 11.6 Å². The molecule has 0 unspecified atom stereocenters. The summed E-state index contributed by atoms with van der Waals surface area (Å²) in [4.78, 5) is 27.8. The molecule has 0 aliphatic rings. The smallest absolute Gasteiger partial charge is 0.313 e. The van der Waals surface area contributed by atoms with Crippen LogP contribution in [0.4, 0.5) is 10.1 Å². The molecule has 1 aromatic carbocycles. The highest BCUT2D eigenvalue weighted by Gasteiger charge is 2.13. The Kier molecular flexibility index (Phi) is 5.95. The molecular weight excluding hydrogens is 365 g/mol. The lowest BCUT2D eigenvalue weighted by Crippen LogP contribution is -2.37. The van der Waals surface area contributed by atoms with E-state index in [1.54, 1.807) is 16.9 Å². The van der Waals surface area contributed by atoms with Crippen LogP contribution in [0.5, 0.6) is 11.6 Å². The number of hydrogen-bond acceptors (Lipinski definition) is 5. The van der Waals surface area contributed by atoms with Crippen LogP contribution >= 0.6 is 0 Å². The Morgan fingerprint density at radius 3 is 2.54 bits per heavy atom. The van der Waals surface area contributed by atoms with Crippen LogP contribution in [0.15, 0.2) is 55.0 Å². The predicted octanol–water partition coefficient (Wildman–Crippen LogP) is 2.27. The minimum Gasteiger partial charge on any atom is -0.439 e. The highest BCUT2D eigenvalue weighted by Crippen LogP contribution is 2.20. The van der Waals surface area contributed by atoms with E-state index < -0.39 is 11.8 Å². The van der Waals surface area contributed by atoms with Crippen LogP contribution < -0.4 is 15.4 Å². The summed E-state index contributed by atoms with van der Waals surface area (Å²) in [5.41, 5.74) is 1.36. The minimum absolute atomic E-state index is 0.267. The van der Waals surface area contributed by atoms with Gasteiger partial charge in [0.05, 0.1) is 24.6 Å². The maximum atomic E-state index is 12.9. The minimum atomic E-state index is -0.800. The van der Waals surface area contributed by atoms with Crippen molar-refractivity contribution in [3.05, 3.63) is 66.4 Å². The number of aryl methyl sites for hydroxylation is 1. The Morgan fingerprint density at radius 2 is 1.89 bits per heavy atom. The third-order valence-corrected chi connectivity index (χ3v) is 3.63. The summed E-state index contributed by atoms with van der Waals surface area (Å²) in [6.45, 7) is 2.65. The van der Waals surface area contributed by atoms with Gasteiger partial charge >= 0.3 is 11.8 Å². The van der Waals surface area contributed by atoms with Crippen molar-refractivity contribution in [2.75, 3.05) is 11.9 Å². The van der Waals surface area contributed by atoms with Crippen molar-refractivity contribution in [2.24, 2.45) is 0 Å². The maximum Gasteiger partial charge on any atom is 0.313 e. The maximum absolute atomic E-state index is 12.9. The van der Waals surface area contributed by atoms with E-state index in [0.717, 1.165) is 5.56 Å². The topological polar surface area (TPSA) is 98.1 Å². The Hall–Kier alpha value is -3.75. The first-order chi connectivity index (χ1) is 13.5. The molecule has 0 aliphatic carbocycles. The van der Waals surface area contributed by atoms with E-state index in [4.69, 9.17) is 4.74 Å². The van der Waals surface area contributed by atoms with Gasteiger partial charge in [0, 0.05) is 18.8 Å². The Morgan fingerprint density at radius 1 is 1.11 bits per heavy atom. The van der Waals surface area contributed by atoms with E-state index in [2.05, 4.69) is 20.7 Å². The van der Waals surface area contributed by atoms with E-state index in [1.165, 1.54) is 36.5 Å². The summed E-state index contributed by atoms with van der Waals surface area (Å²) in [7, 11) is 0. The van der Waals surface area contributed by atoms with E-state index in [0.29, 0.717) is 18.0 Å². The Labute approximate surface area is 160 Å². The number of anilines is 1. The highest BCUT2D eigenvalue weighted by molar-refractivity contribution is 6.39. The fourth-order valence-corrected chi connectivity index (χ4v) is 2.28. The number of amides is 2. The summed E-state index contributed by atoms with van der Waals surface area (Å²) in [5, 5.41) is 9.07. The van der Waals surface area contributed by atoms with Gasteiger partial charge in [-0.1, -0.05) is 0 Å². The van der Waals surface area contributed by atoms with Crippen LogP contribution in [0.25, 0.3) is 0 Å². The fourth-order valence-electron chi connectivity index (χ4n) is 2.28. The molecule has 0 saturated heterocycles. The summed E-state index contributed by atoms with van der Waals surface area (Å²) in [6.07, 6.45) is 4.91. The van der Waals surface area contributed by atoms with Gasteiger partial charge in [-0.15, -0.1) is 0 Å². The third-order valence-electron chi connectivity index (χ3n) is 3.63. The molecular formula is C19H18FN5O3. The average Bonchev–Trinajstić information content (AvgIpc) is 3.10. The number of carbonyl (C=O) groups is 2. The number of hydrogen-bond donors (Lipinski definition) is 2. The van der Waals surface area contributed by atoms with Crippen molar-refractivity contribution in [3.8, 4) is 11.6 Å². The molecule has 0 bridgehead atoms. The summed E-state index contributed by atoms with van der Waals surface area (Å²) in [6, 6.07) is 8.57. The van der Waals surface area contributed by atoms with Gasteiger partial charge < -0.3 is 15.4 Å². The zero-order chi connectivity index (χ0) is 19.9. The first kappa shape index (κ1) is 19.0. The molecule has 3 aromatic rings. The second-order valence-electron chi connectivity index (χ2n) is 5.93. The zero-order valence-electron chi connectivity index (χ0n) is 15.1. The van der Waals surface area contributed by atoms with Crippen molar-refractivity contribution in [3.63, 3.8) is 0 Å². The van der Waals surface area contributed by atoms with Crippen LogP contribution in [0, 0.1) is 12.7 Å². The molecule has 2 amide bonds. The molecule has 0 atom stereocenters. The molecule has 0 spiro atoms. The SMILES string of the molecule is Cc1cnn(CCNC(=O)C(=O)Nc2ccc(Oc3ccc(F)cc3)nc2)c1. The number of benzene rings is 1. The lowest BCUT2D eigenvalue weighted by atomic mass is 10.3. The standard InChI is InChI=1S/C19H18FN5O3/c1-13-10-23-25(12-13)9-8-21-18(26)19(27)24-15-4-7-17(22-11-15)28-16-5-2-14(20)3-6-16/h2-7,10-12H,8-9H2,1H3,(H,21,26)(H,24,27). The highest BCUT2D eigenvalue weighted by atomic mass is 19.1. The average molecular weight is 383 g/mol. The molecule has 0 aliphatic heterocycles. The normalized spacial score (nSPS) is 10.4. The molecule has 2 N–H and O–H groups in total. The second-order valence-corrected chi connectivity index (χ2v) is 5.93. The molecule has 3 rings (SSSR count). The first-order valence-electron chi connectivity index (χ1n) is 8.47. The molecule has 8 nitrogen and oxygen atoms in total. The number of pyridine rings is 1. The number of rotatable bonds is 6. The van der Waals surface area contributed by atoms with Gasteiger partial charge in [0.25, 0.3) is 0 Å². The molecule has 0 saturated carbocycles.